The predicted molar refractivity (Wildman–Crippen MR) is 84.4 cm³/mol. The summed E-state index contributed by atoms with van der Waals surface area (Å²) in [6.45, 7) is 1.90. The Kier molecular flexibility index (Phi) is 3.69. The molecule has 3 aromatic rings. The van der Waals surface area contributed by atoms with Crippen molar-refractivity contribution in [2.75, 3.05) is 14.2 Å². The second-order valence-electron chi connectivity index (χ2n) is 4.95. The van der Waals surface area contributed by atoms with Gasteiger partial charge in [-0.25, -0.2) is 0 Å². The van der Waals surface area contributed by atoms with Gasteiger partial charge in [0.25, 0.3) is 10.0 Å². The minimum atomic E-state index is -3.89. The van der Waals surface area contributed by atoms with Crippen LogP contribution in [0.4, 0.5) is 0 Å². The van der Waals surface area contributed by atoms with Gasteiger partial charge in [0.15, 0.2) is 11.5 Å². The van der Waals surface area contributed by atoms with Crippen molar-refractivity contribution in [3.05, 3.63) is 42.0 Å². The van der Waals surface area contributed by atoms with Crippen LogP contribution < -0.4 is 9.47 Å². The van der Waals surface area contributed by atoms with Crippen LogP contribution in [0.5, 0.6) is 11.5 Å². The maximum atomic E-state index is 12.8. The highest BCUT2D eigenvalue weighted by atomic mass is 32.2. The van der Waals surface area contributed by atoms with E-state index in [4.69, 9.17) is 9.47 Å². The van der Waals surface area contributed by atoms with E-state index in [0.29, 0.717) is 22.5 Å². The zero-order chi connectivity index (χ0) is 16.6. The van der Waals surface area contributed by atoms with Gasteiger partial charge in [-0.1, -0.05) is 11.3 Å². The molecule has 0 atom stereocenters. The lowest BCUT2D eigenvalue weighted by Crippen LogP contribution is -2.14. The predicted octanol–water partition coefficient (Wildman–Crippen LogP) is 1.99. The number of aromatic nitrogens is 3. The van der Waals surface area contributed by atoms with Crippen molar-refractivity contribution in [2.45, 2.75) is 11.8 Å². The Morgan fingerprint density at radius 2 is 1.74 bits per heavy atom. The number of hydrogen-bond donors (Lipinski definition) is 0. The molecule has 3 rings (SSSR count). The summed E-state index contributed by atoms with van der Waals surface area (Å²) in [6.07, 6.45) is 0. The van der Waals surface area contributed by atoms with Crippen LogP contribution in [0, 0.1) is 6.92 Å². The first-order valence-electron chi connectivity index (χ1n) is 6.77. The summed E-state index contributed by atoms with van der Waals surface area (Å²) >= 11 is 0. The van der Waals surface area contributed by atoms with Crippen molar-refractivity contribution in [2.24, 2.45) is 0 Å². The summed E-state index contributed by atoms with van der Waals surface area (Å²) in [5.74, 6) is 0.777. The van der Waals surface area contributed by atoms with Gasteiger partial charge in [0.1, 0.15) is 11.0 Å². The Morgan fingerprint density at radius 3 is 2.43 bits per heavy atom. The highest BCUT2D eigenvalue weighted by Crippen LogP contribution is 2.30. The molecule has 0 amide bonds. The summed E-state index contributed by atoms with van der Waals surface area (Å²) in [5.41, 5.74) is 1.92. The SMILES string of the molecule is COc1ccc(S(=O)(=O)n2nnc3cc(C)ccc32)cc1OC. The Hall–Kier alpha value is -2.61. The zero-order valence-corrected chi connectivity index (χ0v) is 13.7. The standard InChI is InChI=1S/C15H15N3O4S/c1-10-4-6-13-12(8-10)16-17-18(13)23(19,20)11-5-7-14(21-2)15(9-11)22-3/h4-9H,1-3H3. The number of fused-ring (bicyclic) bond motifs is 1. The molecule has 8 heteroatoms. The molecule has 0 N–H and O–H groups in total. The van der Waals surface area contributed by atoms with Gasteiger partial charge in [0.2, 0.25) is 0 Å². The van der Waals surface area contributed by atoms with Crippen LogP contribution in [0.15, 0.2) is 41.3 Å². The Morgan fingerprint density at radius 1 is 1.00 bits per heavy atom. The van der Waals surface area contributed by atoms with Gasteiger partial charge in [-0.3, -0.25) is 0 Å². The van der Waals surface area contributed by atoms with Crippen LogP contribution in [0.25, 0.3) is 11.0 Å². The minimum Gasteiger partial charge on any atom is -0.493 e. The summed E-state index contributed by atoms with van der Waals surface area (Å²) < 4.78 is 36.9. The smallest absolute Gasteiger partial charge is 0.285 e. The molecule has 0 saturated carbocycles. The normalized spacial score (nSPS) is 11.6. The number of aryl methyl sites for hydroxylation is 1. The van der Waals surface area contributed by atoms with Crippen LogP contribution in [-0.2, 0) is 10.0 Å². The van der Waals surface area contributed by atoms with E-state index in [0.717, 1.165) is 9.65 Å². The number of ether oxygens (including phenoxy) is 2. The minimum absolute atomic E-state index is 0.0440. The zero-order valence-electron chi connectivity index (χ0n) is 12.8. The molecule has 2 aromatic carbocycles. The van der Waals surface area contributed by atoms with E-state index < -0.39 is 10.0 Å². The third-order valence-electron chi connectivity index (χ3n) is 3.45. The van der Waals surface area contributed by atoms with E-state index >= 15 is 0 Å². The van der Waals surface area contributed by atoms with Gasteiger partial charge in [-0.2, -0.15) is 8.42 Å². The fraction of sp³-hybridized carbons (Fsp3) is 0.200. The van der Waals surface area contributed by atoms with Gasteiger partial charge >= 0.3 is 0 Å². The molecule has 0 aliphatic rings. The number of methoxy groups -OCH3 is 2. The van der Waals surface area contributed by atoms with Crippen LogP contribution >= 0.6 is 0 Å². The molecule has 7 nitrogen and oxygen atoms in total. The van der Waals surface area contributed by atoms with Gasteiger partial charge in [0, 0.05) is 6.07 Å². The Labute approximate surface area is 133 Å². The molecule has 0 unspecified atom stereocenters. The summed E-state index contributed by atoms with van der Waals surface area (Å²) in [4.78, 5) is 0.0440. The van der Waals surface area contributed by atoms with Crippen LogP contribution in [0.3, 0.4) is 0 Å². The lowest BCUT2D eigenvalue weighted by molar-refractivity contribution is 0.354. The number of hydrogen-bond acceptors (Lipinski definition) is 6. The second kappa shape index (κ2) is 5.54. The first-order chi connectivity index (χ1) is 11.0. The largest absolute Gasteiger partial charge is 0.493 e. The van der Waals surface area contributed by atoms with Crippen molar-refractivity contribution in [1.82, 2.24) is 14.4 Å². The molecular weight excluding hydrogens is 318 g/mol. The average molecular weight is 333 g/mol. The first kappa shape index (κ1) is 15.3. The monoisotopic (exact) mass is 333 g/mol. The number of nitrogens with zero attached hydrogens (tertiary/aromatic N) is 3. The topological polar surface area (TPSA) is 83.3 Å². The fourth-order valence-electron chi connectivity index (χ4n) is 2.27. The van der Waals surface area contributed by atoms with E-state index in [2.05, 4.69) is 10.3 Å². The van der Waals surface area contributed by atoms with Crippen LogP contribution in [-0.4, -0.2) is 37.0 Å². The third kappa shape index (κ3) is 2.50. The summed E-state index contributed by atoms with van der Waals surface area (Å²) in [5, 5.41) is 7.71. The number of benzene rings is 2. The van der Waals surface area contributed by atoms with Gasteiger partial charge < -0.3 is 9.47 Å². The molecule has 1 aromatic heterocycles. The molecule has 1 heterocycles. The number of rotatable bonds is 4. The third-order valence-corrected chi connectivity index (χ3v) is 5.03. The van der Waals surface area contributed by atoms with Crippen molar-refractivity contribution in [3.63, 3.8) is 0 Å². The van der Waals surface area contributed by atoms with Crippen molar-refractivity contribution < 1.29 is 17.9 Å². The average Bonchev–Trinajstić information content (AvgIpc) is 2.97. The molecule has 0 spiro atoms. The molecule has 0 aliphatic heterocycles. The molecule has 0 saturated heterocycles. The van der Waals surface area contributed by atoms with E-state index in [1.807, 2.05) is 13.0 Å². The molecular formula is C15H15N3O4S. The first-order valence-corrected chi connectivity index (χ1v) is 8.21. The van der Waals surface area contributed by atoms with E-state index in [-0.39, 0.29) is 4.90 Å². The molecule has 120 valence electrons. The Bertz CT molecular complexity index is 980. The highest BCUT2D eigenvalue weighted by Gasteiger charge is 2.23. The van der Waals surface area contributed by atoms with Crippen molar-refractivity contribution in [1.29, 1.82) is 0 Å². The van der Waals surface area contributed by atoms with E-state index in [1.54, 1.807) is 12.1 Å². The van der Waals surface area contributed by atoms with Crippen molar-refractivity contribution >= 4 is 21.1 Å². The summed E-state index contributed by atoms with van der Waals surface area (Å²) in [7, 11) is -0.953. The van der Waals surface area contributed by atoms with Gasteiger partial charge in [-0.05, 0) is 36.8 Å². The molecule has 0 bridgehead atoms. The van der Waals surface area contributed by atoms with Crippen molar-refractivity contribution in [3.8, 4) is 11.5 Å². The Balaban J connectivity index is 2.17. The van der Waals surface area contributed by atoms with E-state index in [1.165, 1.54) is 32.4 Å². The highest BCUT2D eigenvalue weighted by molar-refractivity contribution is 7.90. The maximum Gasteiger partial charge on any atom is 0.285 e. The molecule has 23 heavy (non-hydrogen) atoms. The quantitative estimate of drug-likeness (QED) is 0.726. The lowest BCUT2D eigenvalue weighted by atomic mass is 10.2. The van der Waals surface area contributed by atoms with E-state index in [9.17, 15) is 8.42 Å². The van der Waals surface area contributed by atoms with Crippen LogP contribution in [0.2, 0.25) is 0 Å². The fourth-order valence-corrected chi connectivity index (χ4v) is 3.51. The van der Waals surface area contributed by atoms with Crippen LogP contribution in [0.1, 0.15) is 5.56 Å². The van der Waals surface area contributed by atoms with Gasteiger partial charge in [-0.15, -0.1) is 9.19 Å². The molecule has 0 fully saturated rings. The molecule has 0 aliphatic carbocycles. The second-order valence-corrected chi connectivity index (χ2v) is 6.71. The summed E-state index contributed by atoms with van der Waals surface area (Å²) in [6, 6.07) is 9.65. The maximum absolute atomic E-state index is 12.8. The molecule has 0 radical (unpaired) electrons. The lowest BCUT2D eigenvalue weighted by Gasteiger charge is -2.10. The van der Waals surface area contributed by atoms with Gasteiger partial charge in [0.05, 0.1) is 19.1 Å².